The molecule has 1 rings (SSSR count). The van der Waals surface area contributed by atoms with Gasteiger partial charge in [-0.1, -0.05) is 31.0 Å². The van der Waals surface area contributed by atoms with Crippen LogP contribution in [0, 0.1) is 0 Å². The van der Waals surface area contributed by atoms with Crippen LogP contribution in [0.3, 0.4) is 0 Å². The zero-order valence-electron chi connectivity index (χ0n) is 8.42. The zero-order valence-corrected chi connectivity index (χ0v) is 10.00. The second kappa shape index (κ2) is 6.33. The van der Waals surface area contributed by atoms with Gasteiger partial charge in [0.05, 0.1) is 0 Å². The van der Waals surface area contributed by atoms with Gasteiger partial charge in [-0.2, -0.15) is 0 Å². The molecule has 1 aromatic carbocycles. The van der Waals surface area contributed by atoms with Crippen molar-refractivity contribution in [2.75, 3.05) is 5.75 Å². The van der Waals surface area contributed by atoms with E-state index in [9.17, 15) is 0 Å². The molecule has 0 saturated heterocycles. The molecule has 0 fully saturated rings. The van der Waals surface area contributed by atoms with Crippen LogP contribution >= 0.6 is 23.4 Å². The number of thioether (sulfide) groups is 1. The second-order valence-corrected chi connectivity index (χ2v) is 4.67. The first-order chi connectivity index (χ1) is 6.79. The maximum absolute atomic E-state index is 6.05. The van der Waals surface area contributed by atoms with E-state index in [1.165, 1.54) is 17.7 Å². The van der Waals surface area contributed by atoms with Gasteiger partial charge in [-0.3, -0.25) is 0 Å². The fraction of sp³-hybridized carbons (Fsp3) is 0.455. The van der Waals surface area contributed by atoms with Crippen molar-refractivity contribution in [3.63, 3.8) is 0 Å². The van der Waals surface area contributed by atoms with Crippen LogP contribution in [0.15, 0.2) is 23.1 Å². The van der Waals surface area contributed by atoms with E-state index in [1.807, 2.05) is 23.9 Å². The highest BCUT2D eigenvalue weighted by Crippen LogP contribution is 2.28. The number of hydrogen-bond acceptors (Lipinski definition) is 2. The van der Waals surface area contributed by atoms with Crippen LogP contribution in [0.2, 0.25) is 5.02 Å². The number of benzene rings is 1. The zero-order chi connectivity index (χ0) is 10.4. The van der Waals surface area contributed by atoms with E-state index in [0.29, 0.717) is 6.54 Å². The molecule has 0 amide bonds. The number of rotatable bonds is 5. The van der Waals surface area contributed by atoms with Crippen LogP contribution in [0.5, 0.6) is 0 Å². The molecule has 0 atom stereocenters. The van der Waals surface area contributed by atoms with Crippen molar-refractivity contribution in [3.05, 3.63) is 28.8 Å². The first-order valence-corrected chi connectivity index (χ1v) is 6.26. The van der Waals surface area contributed by atoms with Crippen LogP contribution in [-0.4, -0.2) is 5.75 Å². The molecule has 14 heavy (non-hydrogen) atoms. The highest BCUT2D eigenvalue weighted by Gasteiger charge is 2.04. The topological polar surface area (TPSA) is 26.0 Å². The first kappa shape index (κ1) is 11.9. The molecule has 0 aliphatic heterocycles. The van der Waals surface area contributed by atoms with Gasteiger partial charge in [-0.25, -0.2) is 0 Å². The van der Waals surface area contributed by atoms with Crippen LogP contribution in [0.4, 0.5) is 0 Å². The Balaban J connectivity index is 2.70. The highest BCUT2D eigenvalue weighted by molar-refractivity contribution is 7.99. The molecular weight excluding hydrogens is 214 g/mol. The third kappa shape index (κ3) is 3.19. The third-order valence-electron chi connectivity index (χ3n) is 2.04. The Hall–Kier alpha value is -0.180. The van der Waals surface area contributed by atoms with Crippen LogP contribution in [-0.2, 0) is 6.54 Å². The quantitative estimate of drug-likeness (QED) is 0.616. The molecular formula is C11H16ClNS. The maximum atomic E-state index is 6.05. The second-order valence-electron chi connectivity index (χ2n) is 3.12. The molecule has 0 spiro atoms. The normalized spacial score (nSPS) is 10.5. The standard InChI is InChI=1S/C11H16ClNS/c1-2-3-7-14-11-6-4-5-10(12)9(11)8-13/h4-6H,2-3,7-8,13H2,1H3. The van der Waals surface area contributed by atoms with Crippen molar-refractivity contribution in [1.29, 1.82) is 0 Å². The molecule has 78 valence electrons. The van der Waals surface area contributed by atoms with Crippen molar-refractivity contribution in [3.8, 4) is 0 Å². The number of hydrogen-bond donors (Lipinski definition) is 1. The summed E-state index contributed by atoms with van der Waals surface area (Å²) >= 11 is 7.89. The Labute approximate surface area is 95.0 Å². The van der Waals surface area contributed by atoms with Gasteiger partial charge in [-0.15, -0.1) is 11.8 Å². The Morgan fingerprint density at radius 2 is 2.21 bits per heavy atom. The van der Waals surface area contributed by atoms with Crippen molar-refractivity contribution >= 4 is 23.4 Å². The molecule has 0 aromatic heterocycles. The lowest BCUT2D eigenvalue weighted by Crippen LogP contribution is -1.99. The molecule has 0 bridgehead atoms. The lowest BCUT2D eigenvalue weighted by Gasteiger charge is -2.08. The van der Waals surface area contributed by atoms with E-state index in [-0.39, 0.29) is 0 Å². The molecule has 0 heterocycles. The molecule has 0 aliphatic carbocycles. The van der Waals surface area contributed by atoms with E-state index >= 15 is 0 Å². The molecule has 0 unspecified atom stereocenters. The van der Waals surface area contributed by atoms with E-state index in [0.717, 1.165) is 16.3 Å². The van der Waals surface area contributed by atoms with Crippen LogP contribution in [0.1, 0.15) is 25.3 Å². The minimum Gasteiger partial charge on any atom is -0.326 e. The minimum atomic E-state index is 0.522. The fourth-order valence-corrected chi connectivity index (χ4v) is 2.70. The van der Waals surface area contributed by atoms with E-state index in [4.69, 9.17) is 17.3 Å². The summed E-state index contributed by atoms with van der Waals surface area (Å²) in [5.41, 5.74) is 6.74. The predicted octanol–water partition coefficient (Wildman–Crippen LogP) is 3.69. The summed E-state index contributed by atoms with van der Waals surface area (Å²) in [5.74, 6) is 1.14. The number of halogens is 1. The number of nitrogens with two attached hydrogens (primary N) is 1. The summed E-state index contributed by atoms with van der Waals surface area (Å²) in [7, 11) is 0. The van der Waals surface area contributed by atoms with Gasteiger partial charge in [0.25, 0.3) is 0 Å². The van der Waals surface area contributed by atoms with Crippen molar-refractivity contribution in [1.82, 2.24) is 0 Å². The van der Waals surface area contributed by atoms with Crippen molar-refractivity contribution < 1.29 is 0 Å². The van der Waals surface area contributed by atoms with E-state index < -0.39 is 0 Å². The van der Waals surface area contributed by atoms with Gasteiger partial charge in [0.1, 0.15) is 0 Å². The summed E-state index contributed by atoms with van der Waals surface area (Å²) < 4.78 is 0. The van der Waals surface area contributed by atoms with Gasteiger partial charge in [0.2, 0.25) is 0 Å². The molecule has 0 radical (unpaired) electrons. The Morgan fingerprint density at radius 1 is 1.43 bits per heavy atom. The number of unbranched alkanes of at least 4 members (excludes halogenated alkanes) is 1. The molecule has 3 heteroatoms. The Kier molecular flexibility index (Phi) is 5.38. The summed E-state index contributed by atoms with van der Waals surface area (Å²) in [6.07, 6.45) is 2.46. The summed E-state index contributed by atoms with van der Waals surface area (Å²) in [6.45, 7) is 2.72. The summed E-state index contributed by atoms with van der Waals surface area (Å²) in [4.78, 5) is 1.23. The highest BCUT2D eigenvalue weighted by atomic mass is 35.5. The summed E-state index contributed by atoms with van der Waals surface area (Å²) in [5, 5.41) is 0.786. The summed E-state index contributed by atoms with van der Waals surface area (Å²) in [6, 6.07) is 5.97. The van der Waals surface area contributed by atoms with Crippen molar-refractivity contribution in [2.45, 2.75) is 31.2 Å². The molecule has 0 aliphatic rings. The lowest BCUT2D eigenvalue weighted by molar-refractivity contribution is 0.895. The van der Waals surface area contributed by atoms with Gasteiger partial charge < -0.3 is 5.73 Å². The molecule has 2 N–H and O–H groups in total. The van der Waals surface area contributed by atoms with E-state index in [1.54, 1.807) is 0 Å². The lowest BCUT2D eigenvalue weighted by atomic mass is 10.2. The fourth-order valence-electron chi connectivity index (χ4n) is 1.20. The SMILES string of the molecule is CCCCSc1cccc(Cl)c1CN. The van der Waals surface area contributed by atoms with Gasteiger partial charge >= 0.3 is 0 Å². The van der Waals surface area contributed by atoms with Crippen LogP contribution < -0.4 is 5.73 Å². The largest absolute Gasteiger partial charge is 0.326 e. The smallest absolute Gasteiger partial charge is 0.0462 e. The average molecular weight is 230 g/mol. The Morgan fingerprint density at radius 3 is 2.86 bits per heavy atom. The van der Waals surface area contributed by atoms with Crippen LogP contribution in [0.25, 0.3) is 0 Å². The molecule has 0 saturated carbocycles. The maximum Gasteiger partial charge on any atom is 0.0462 e. The van der Waals surface area contributed by atoms with E-state index in [2.05, 4.69) is 13.0 Å². The van der Waals surface area contributed by atoms with Gasteiger partial charge in [-0.05, 0) is 29.9 Å². The molecule has 1 nitrogen and oxygen atoms in total. The van der Waals surface area contributed by atoms with Crippen molar-refractivity contribution in [2.24, 2.45) is 5.73 Å². The van der Waals surface area contributed by atoms with Gasteiger partial charge in [0.15, 0.2) is 0 Å². The first-order valence-electron chi connectivity index (χ1n) is 4.89. The molecule has 1 aromatic rings. The third-order valence-corrected chi connectivity index (χ3v) is 3.58. The average Bonchev–Trinajstić information content (AvgIpc) is 2.18. The van der Waals surface area contributed by atoms with Gasteiger partial charge in [0, 0.05) is 16.5 Å². The monoisotopic (exact) mass is 229 g/mol. The Bertz CT molecular complexity index is 289. The predicted molar refractivity (Wildman–Crippen MR) is 65.0 cm³/mol. The minimum absolute atomic E-state index is 0.522.